The van der Waals surface area contributed by atoms with Crippen molar-refractivity contribution in [1.82, 2.24) is 9.38 Å². The SMILES string of the molecule is c1ccc(-c2ccccc2-c2c3ccccc3c(-c3ccc(-c4cn5ccccc5n4)cc3)c3ccccc23)cc1. The van der Waals surface area contributed by atoms with Gasteiger partial charge in [-0.1, -0.05) is 133 Å². The normalized spacial score (nSPS) is 11.4. The Bertz CT molecular complexity index is 2100. The lowest BCUT2D eigenvalue weighted by molar-refractivity contribution is 1.19. The highest BCUT2D eigenvalue weighted by Gasteiger charge is 2.18. The van der Waals surface area contributed by atoms with Gasteiger partial charge in [0.05, 0.1) is 5.69 Å². The highest BCUT2D eigenvalue weighted by Crippen LogP contribution is 2.46. The summed E-state index contributed by atoms with van der Waals surface area (Å²) in [5.41, 5.74) is 10.5. The van der Waals surface area contributed by atoms with Crippen LogP contribution in [-0.2, 0) is 0 Å². The summed E-state index contributed by atoms with van der Waals surface area (Å²) in [6.07, 6.45) is 4.13. The number of pyridine rings is 1. The molecule has 41 heavy (non-hydrogen) atoms. The molecule has 0 aliphatic carbocycles. The molecule has 2 heteroatoms. The van der Waals surface area contributed by atoms with Crippen molar-refractivity contribution in [3.8, 4) is 44.6 Å². The Morgan fingerprint density at radius 1 is 0.390 bits per heavy atom. The van der Waals surface area contributed by atoms with Gasteiger partial charge in [0.25, 0.3) is 0 Å². The first-order valence-electron chi connectivity index (χ1n) is 14.0. The van der Waals surface area contributed by atoms with E-state index < -0.39 is 0 Å². The number of rotatable bonds is 4. The van der Waals surface area contributed by atoms with Crippen LogP contribution in [0, 0.1) is 0 Å². The smallest absolute Gasteiger partial charge is 0.137 e. The molecule has 0 saturated heterocycles. The molecule has 0 bridgehead atoms. The van der Waals surface area contributed by atoms with E-state index in [-0.39, 0.29) is 0 Å². The largest absolute Gasteiger partial charge is 0.306 e. The zero-order valence-corrected chi connectivity index (χ0v) is 22.4. The maximum absolute atomic E-state index is 4.83. The molecule has 0 amide bonds. The van der Waals surface area contributed by atoms with Crippen LogP contribution in [0.15, 0.2) is 158 Å². The minimum atomic E-state index is 0.954. The van der Waals surface area contributed by atoms with E-state index in [1.54, 1.807) is 0 Å². The molecule has 0 saturated carbocycles. The van der Waals surface area contributed by atoms with Crippen LogP contribution >= 0.6 is 0 Å². The van der Waals surface area contributed by atoms with Crippen molar-refractivity contribution < 1.29 is 0 Å². The Kier molecular flexibility index (Phi) is 5.49. The lowest BCUT2D eigenvalue weighted by Crippen LogP contribution is -1.92. The number of hydrogen-bond donors (Lipinski definition) is 0. The Balaban J connectivity index is 1.36. The fourth-order valence-electron chi connectivity index (χ4n) is 6.18. The summed E-state index contributed by atoms with van der Waals surface area (Å²) >= 11 is 0. The van der Waals surface area contributed by atoms with Crippen molar-refractivity contribution in [1.29, 1.82) is 0 Å². The molecule has 0 unspecified atom stereocenters. The highest BCUT2D eigenvalue weighted by atomic mass is 15.0. The standard InChI is InChI=1S/C39H26N2/c1-2-12-27(13-3-1)30-14-4-5-15-31(30)39-34-18-8-6-16-32(34)38(33-17-7-9-19-35(33)39)29-23-21-28(22-24-29)36-26-41-25-11-10-20-37(41)40-36/h1-26H. The van der Waals surface area contributed by atoms with Crippen molar-refractivity contribution in [2.75, 3.05) is 0 Å². The Morgan fingerprint density at radius 3 is 1.59 bits per heavy atom. The van der Waals surface area contributed by atoms with Gasteiger partial charge in [-0.2, -0.15) is 0 Å². The summed E-state index contributed by atoms with van der Waals surface area (Å²) < 4.78 is 2.07. The van der Waals surface area contributed by atoms with E-state index in [2.05, 4.69) is 138 Å². The number of hydrogen-bond acceptors (Lipinski definition) is 1. The number of aromatic nitrogens is 2. The molecule has 0 fully saturated rings. The predicted molar refractivity (Wildman–Crippen MR) is 172 cm³/mol. The fraction of sp³-hybridized carbons (Fsp3) is 0. The number of imidazole rings is 1. The van der Waals surface area contributed by atoms with Gasteiger partial charge >= 0.3 is 0 Å². The maximum atomic E-state index is 4.83. The van der Waals surface area contributed by atoms with Crippen molar-refractivity contribution in [2.45, 2.75) is 0 Å². The molecule has 0 N–H and O–H groups in total. The monoisotopic (exact) mass is 522 g/mol. The van der Waals surface area contributed by atoms with Crippen molar-refractivity contribution in [3.05, 3.63) is 158 Å². The Morgan fingerprint density at radius 2 is 0.927 bits per heavy atom. The van der Waals surface area contributed by atoms with Crippen LogP contribution in [-0.4, -0.2) is 9.38 Å². The Labute approximate surface area is 238 Å². The zero-order chi connectivity index (χ0) is 27.2. The van der Waals surface area contributed by atoms with Crippen LogP contribution in [0.1, 0.15) is 0 Å². The topological polar surface area (TPSA) is 17.3 Å². The molecule has 0 aliphatic heterocycles. The average Bonchev–Trinajstić information content (AvgIpc) is 3.49. The van der Waals surface area contributed by atoms with Gasteiger partial charge in [0.2, 0.25) is 0 Å². The lowest BCUT2D eigenvalue weighted by atomic mass is 9.84. The molecule has 0 spiro atoms. The summed E-state index contributed by atoms with van der Waals surface area (Å²) in [6.45, 7) is 0. The average molecular weight is 523 g/mol. The summed E-state index contributed by atoms with van der Waals surface area (Å²) in [5, 5.41) is 5.03. The van der Waals surface area contributed by atoms with Crippen LogP contribution in [0.4, 0.5) is 0 Å². The second kappa shape index (κ2) is 9.62. The molecular weight excluding hydrogens is 496 g/mol. The first-order chi connectivity index (χ1) is 20.3. The van der Waals surface area contributed by atoms with Crippen molar-refractivity contribution in [2.24, 2.45) is 0 Å². The molecule has 8 aromatic rings. The van der Waals surface area contributed by atoms with Crippen molar-refractivity contribution in [3.63, 3.8) is 0 Å². The van der Waals surface area contributed by atoms with Gasteiger partial charge in [0, 0.05) is 18.0 Å². The summed E-state index contributed by atoms with van der Waals surface area (Å²) in [4.78, 5) is 4.83. The zero-order valence-electron chi connectivity index (χ0n) is 22.4. The molecule has 2 aromatic heterocycles. The second-order valence-electron chi connectivity index (χ2n) is 10.4. The molecule has 6 aromatic carbocycles. The van der Waals surface area contributed by atoms with Crippen LogP contribution in [0.25, 0.3) is 71.8 Å². The first-order valence-corrected chi connectivity index (χ1v) is 14.0. The van der Waals surface area contributed by atoms with Gasteiger partial charge in [-0.05, 0) is 67.1 Å². The van der Waals surface area contributed by atoms with E-state index in [4.69, 9.17) is 4.98 Å². The van der Waals surface area contributed by atoms with Crippen LogP contribution < -0.4 is 0 Å². The minimum absolute atomic E-state index is 0.954. The molecular formula is C39H26N2. The molecule has 192 valence electrons. The van der Waals surface area contributed by atoms with Gasteiger partial charge in [-0.3, -0.25) is 0 Å². The van der Waals surface area contributed by atoms with Gasteiger partial charge in [0.15, 0.2) is 0 Å². The molecule has 2 heterocycles. The molecule has 2 nitrogen and oxygen atoms in total. The fourth-order valence-corrected chi connectivity index (χ4v) is 6.18. The van der Waals surface area contributed by atoms with Gasteiger partial charge in [0.1, 0.15) is 5.65 Å². The number of nitrogens with zero attached hydrogens (tertiary/aromatic N) is 2. The first kappa shape index (κ1) is 23.4. The number of benzene rings is 6. The molecule has 0 atom stereocenters. The van der Waals surface area contributed by atoms with Crippen LogP contribution in [0.2, 0.25) is 0 Å². The third-order valence-electron chi connectivity index (χ3n) is 8.05. The number of fused-ring (bicyclic) bond motifs is 3. The van der Waals surface area contributed by atoms with Gasteiger partial charge in [-0.15, -0.1) is 0 Å². The van der Waals surface area contributed by atoms with Crippen LogP contribution in [0.3, 0.4) is 0 Å². The lowest BCUT2D eigenvalue weighted by Gasteiger charge is -2.19. The quantitative estimate of drug-likeness (QED) is 0.210. The van der Waals surface area contributed by atoms with Gasteiger partial charge < -0.3 is 4.40 Å². The Hall–Kier alpha value is -5.47. The molecule has 8 rings (SSSR count). The van der Waals surface area contributed by atoms with E-state index >= 15 is 0 Å². The van der Waals surface area contributed by atoms with E-state index in [9.17, 15) is 0 Å². The molecule has 0 radical (unpaired) electrons. The van der Waals surface area contributed by atoms with E-state index in [1.165, 1.54) is 54.9 Å². The van der Waals surface area contributed by atoms with E-state index in [1.807, 2.05) is 24.4 Å². The second-order valence-corrected chi connectivity index (χ2v) is 10.4. The molecule has 0 aliphatic rings. The summed E-state index contributed by atoms with van der Waals surface area (Å²) in [5.74, 6) is 0. The summed E-state index contributed by atoms with van der Waals surface area (Å²) in [7, 11) is 0. The maximum Gasteiger partial charge on any atom is 0.137 e. The summed E-state index contributed by atoms with van der Waals surface area (Å²) in [6, 6.07) is 52.1. The van der Waals surface area contributed by atoms with Gasteiger partial charge in [-0.25, -0.2) is 4.98 Å². The van der Waals surface area contributed by atoms with E-state index in [0.29, 0.717) is 0 Å². The minimum Gasteiger partial charge on any atom is -0.306 e. The van der Waals surface area contributed by atoms with Crippen molar-refractivity contribution >= 4 is 27.2 Å². The third kappa shape index (κ3) is 3.92. The highest BCUT2D eigenvalue weighted by molar-refractivity contribution is 6.22. The third-order valence-corrected chi connectivity index (χ3v) is 8.05. The predicted octanol–water partition coefficient (Wildman–Crippen LogP) is 10.3. The van der Waals surface area contributed by atoms with Crippen LogP contribution in [0.5, 0.6) is 0 Å². The van der Waals surface area contributed by atoms with E-state index in [0.717, 1.165) is 16.9 Å².